The molecule has 0 atom stereocenters. The van der Waals surface area contributed by atoms with E-state index in [1.165, 1.54) is 5.56 Å². The van der Waals surface area contributed by atoms with Crippen LogP contribution in [-0.4, -0.2) is 20.1 Å². The molecule has 0 fully saturated rings. The van der Waals surface area contributed by atoms with E-state index in [1.54, 1.807) is 20.5 Å². The lowest BCUT2D eigenvalue weighted by atomic mass is 10.1. The first-order valence-corrected chi connectivity index (χ1v) is 9.95. The monoisotopic (exact) mass is 417 g/mol. The summed E-state index contributed by atoms with van der Waals surface area (Å²) in [6.07, 6.45) is 1.61. The Labute approximate surface area is 183 Å². The number of aliphatic imine (C=N–C) groups is 1. The minimum Gasteiger partial charge on any atom is -0.497 e. The molecule has 3 aromatic rings. The SMILES string of the molecule is COc1cccc(OC(=Nc2ccc(C)c(C)c2)C(C)=COc2ccccc2OC)c1. The third kappa shape index (κ3) is 5.89. The predicted molar refractivity (Wildman–Crippen MR) is 124 cm³/mol. The van der Waals surface area contributed by atoms with Crippen LogP contribution in [0.3, 0.4) is 0 Å². The molecule has 0 spiro atoms. The second kappa shape index (κ2) is 10.3. The molecule has 160 valence electrons. The number of hydrogen-bond acceptors (Lipinski definition) is 5. The highest BCUT2D eigenvalue weighted by Crippen LogP contribution is 2.27. The van der Waals surface area contributed by atoms with E-state index in [9.17, 15) is 0 Å². The molecule has 0 aliphatic rings. The van der Waals surface area contributed by atoms with Gasteiger partial charge >= 0.3 is 0 Å². The average molecular weight is 418 g/mol. The minimum atomic E-state index is 0.423. The van der Waals surface area contributed by atoms with Gasteiger partial charge < -0.3 is 18.9 Å². The molecule has 0 saturated carbocycles. The van der Waals surface area contributed by atoms with E-state index in [2.05, 4.69) is 13.8 Å². The Balaban J connectivity index is 1.95. The van der Waals surface area contributed by atoms with Crippen LogP contribution in [0.2, 0.25) is 0 Å². The van der Waals surface area contributed by atoms with Gasteiger partial charge in [-0.25, -0.2) is 4.99 Å². The lowest BCUT2D eigenvalue weighted by Crippen LogP contribution is -2.11. The molecule has 3 rings (SSSR count). The van der Waals surface area contributed by atoms with Crippen molar-refractivity contribution in [1.82, 2.24) is 0 Å². The van der Waals surface area contributed by atoms with Gasteiger partial charge in [0.1, 0.15) is 11.5 Å². The molecule has 0 amide bonds. The van der Waals surface area contributed by atoms with E-state index in [0.29, 0.717) is 34.5 Å². The zero-order valence-corrected chi connectivity index (χ0v) is 18.5. The molecule has 0 radical (unpaired) electrons. The molecule has 0 bridgehead atoms. The molecule has 31 heavy (non-hydrogen) atoms. The largest absolute Gasteiger partial charge is 0.497 e. The first kappa shape index (κ1) is 22.0. The Morgan fingerprint density at radius 2 is 1.52 bits per heavy atom. The van der Waals surface area contributed by atoms with Crippen molar-refractivity contribution < 1.29 is 18.9 Å². The maximum Gasteiger partial charge on any atom is 0.225 e. The van der Waals surface area contributed by atoms with Crippen molar-refractivity contribution in [3.05, 3.63) is 89.7 Å². The van der Waals surface area contributed by atoms with Gasteiger partial charge in [0.2, 0.25) is 5.90 Å². The van der Waals surface area contributed by atoms with Crippen molar-refractivity contribution >= 4 is 11.6 Å². The molecule has 0 saturated heterocycles. The van der Waals surface area contributed by atoms with Gasteiger partial charge in [-0.3, -0.25) is 0 Å². The van der Waals surface area contributed by atoms with Gasteiger partial charge in [-0.1, -0.05) is 24.3 Å². The van der Waals surface area contributed by atoms with Crippen LogP contribution in [0.25, 0.3) is 0 Å². The minimum absolute atomic E-state index is 0.423. The zero-order chi connectivity index (χ0) is 22.2. The number of nitrogens with zero attached hydrogens (tertiary/aromatic N) is 1. The van der Waals surface area contributed by atoms with E-state index < -0.39 is 0 Å². The van der Waals surface area contributed by atoms with Crippen LogP contribution in [0.15, 0.2) is 83.6 Å². The van der Waals surface area contributed by atoms with Crippen molar-refractivity contribution in [2.75, 3.05) is 14.2 Å². The lowest BCUT2D eigenvalue weighted by molar-refractivity contribution is 0.377. The maximum atomic E-state index is 6.13. The van der Waals surface area contributed by atoms with Crippen LogP contribution in [0.1, 0.15) is 18.1 Å². The number of rotatable bonds is 7. The molecule has 0 aromatic heterocycles. The van der Waals surface area contributed by atoms with Gasteiger partial charge in [0.05, 0.1) is 26.2 Å². The van der Waals surface area contributed by atoms with Crippen LogP contribution in [0.5, 0.6) is 23.0 Å². The van der Waals surface area contributed by atoms with Gasteiger partial charge in [-0.05, 0) is 68.3 Å². The quantitative estimate of drug-likeness (QED) is 0.253. The van der Waals surface area contributed by atoms with Crippen molar-refractivity contribution in [2.24, 2.45) is 4.99 Å². The summed E-state index contributed by atoms with van der Waals surface area (Å²) in [5.41, 5.74) is 3.88. The van der Waals surface area contributed by atoms with Gasteiger partial charge in [0.25, 0.3) is 0 Å². The van der Waals surface area contributed by atoms with Crippen LogP contribution < -0.4 is 18.9 Å². The molecule has 5 heteroatoms. The van der Waals surface area contributed by atoms with E-state index in [-0.39, 0.29) is 0 Å². The molecule has 0 aliphatic carbocycles. The molecular formula is C26H27NO4. The molecule has 0 unspecified atom stereocenters. The fourth-order valence-corrected chi connectivity index (χ4v) is 2.80. The first-order chi connectivity index (χ1) is 15.0. The normalized spacial score (nSPS) is 11.8. The summed E-state index contributed by atoms with van der Waals surface area (Å²) in [6.45, 7) is 6.02. The highest BCUT2D eigenvalue weighted by molar-refractivity contribution is 5.96. The summed E-state index contributed by atoms with van der Waals surface area (Å²) in [7, 11) is 3.23. The van der Waals surface area contributed by atoms with Crippen molar-refractivity contribution in [2.45, 2.75) is 20.8 Å². The number of methoxy groups -OCH3 is 2. The molecule has 3 aromatic carbocycles. The van der Waals surface area contributed by atoms with Crippen LogP contribution in [-0.2, 0) is 0 Å². The second-order valence-corrected chi connectivity index (χ2v) is 7.04. The number of para-hydroxylation sites is 2. The first-order valence-electron chi connectivity index (χ1n) is 9.95. The fraction of sp³-hybridized carbons (Fsp3) is 0.192. The third-order valence-corrected chi connectivity index (χ3v) is 4.75. The topological polar surface area (TPSA) is 49.3 Å². The Morgan fingerprint density at radius 3 is 2.23 bits per heavy atom. The number of hydrogen-bond donors (Lipinski definition) is 0. The van der Waals surface area contributed by atoms with Gasteiger partial charge in [-0.2, -0.15) is 0 Å². The number of ether oxygens (including phenoxy) is 4. The highest BCUT2D eigenvalue weighted by atomic mass is 16.5. The van der Waals surface area contributed by atoms with Crippen molar-refractivity contribution in [1.29, 1.82) is 0 Å². The Bertz CT molecular complexity index is 1100. The highest BCUT2D eigenvalue weighted by Gasteiger charge is 2.10. The zero-order valence-electron chi connectivity index (χ0n) is 18.5. The van der Waals surface area contributed by atoms with Gasteiger partial charge in [-0.15, -0.1) is 0 Å². The molecule has 0 N–H and O–H groups in total. The summed E-state index contributed by atoms with van der Waals surface area (Å²) in [5, 5.41) is 0. The second-order valence-electron chi connectivity index (χ2n) is 7.04. The van der Waals surface area contributed by atoms with Crippen LogP contribution in [0.4, 0.5) is 5.69 Å². The van der Waals surface area contributed by atoms with Crippen LogP contribution >= 0.6 is 0 Å². The van der Waals surface area contributed by atoms with Gasteiger partial charge in [0, 0.05) is 11.6 Å². The van der Waals surface area contributed by atoms with Crippen molar-refractivity contribution in [3.63, 3.8) is 0 Å². The Morgan fingerprint density at radius 1 is 0.774 bits per heavy atom. The third-order valence-electron chi connectivity index (χ3n) is 4.75. The van der Waals surface area contributed by atoms with E-state index in [4.69, 9.17) is 23.9 Å². The molecule has 5 nitrogen and oxygen atoms in total. The van der Waals surface area contributed by atoms with Gasteiger partial charge in [0.15, 0.2) is 11.5 Å². The summed E-state index contributed by atoms with van der Waals surface area (Å²) >= 11 is 0. The number of benzene rings is 3. The molecule has 0 heterocycles. The average Bonchev–Trinajstić information content (AvgIpc) is 2.79. The predicted octanol–water partition coefficient (Wildman–Crippen LogP) is 6.41. The summed E-state index contributed by atoms with van der Waals surface area (Å²) in [6, 6.07) is 20.9. The lowest BCUT2D eigenvalue weighted by Gasteiger charge is -2.12. The van der Waals surface area contributed by atoms with E-state index >= 15 is 0 Å². The number of aryl methyl sites for hydroxylation is 2. The fourth-order valence-electron chi connectivity index (χ4n) is 2.80. The Kier molecular flexibility index (Phi) is 7.33. The standard InChI is InChI=1S/C26H27NO4/c1-18-13-14-21(15-19(18)2)27-26(31-23-10-8-9-22(16-23)28-4)20(3)17-30-25-12-7-6-11-24(25)29-5/h6-17H,1-5H3. The summed E-state index contributed by atoms with van der Waals surface area (Å²) in [5.74, 6) is 3.00. The summed E-state index contributed by atoms with van der Waals surface area (Å²) in [4.78, 5) is 4.74. The maximum absolute atomic E-state index is 6.13. The van der Waals surface area contributed by atoms with Crippen molar-refractivity contribution in [3.8, 4) is 23.0 Å². The summed E-state index contributed by atoms with van der Waals surface area (Å²) < 4.78 is 22.6. The van der Waals surface area contributed by atoms with E-state index in [0.717, 1.165) is 11.3 Å². The molecular weight excluding hydrogens is 390 g/mol. The molecule has 0 aliphatic heterocycles. The Hall–Kier alpha value is -3.73. The van der Waals surface area contributed by atoms with Crippen LogP contribution in [0, 0.1) is 13.8 Å². The van der Waals surface area contributed by atoms with E-state index in [1.807, 2.05) is 73.7 Å². The smallest absolute Gasteiger partial charge is 0.225 e.